The Labute approximate surface area is 125 Å². The molecule has 0 unspecified atom stereocenters. The lowest BCUT2D eigenvalue weighted by Gasteiger charge is -2.25. The van der Waals surface area contributed by atoms with Crippen LogP contribution < -0.4 is 4.57 Å². The molecule has 3 rings (SSSR count). The van der Waals surface area contributed by atoms with Crippen LogP contribution in [0.15, 0.2) is 36.2 Å². The Morgan fingerprint density at radius 3 is 2.81 bits per heavy atom. The second-order valence-corrected chi connectivity index (χ2v) is 6.35. The molecule has 0 spiro atoms. The molecule has 1 aromatic rings. The van der Waals surface area contributed by atoms with Crippen molar-refractivity contribution >= 4 is 11.8 Å². The van der Waals surface area contributed by atoms with E-state index in [4.69, 9.17) is 0 Å². The van der Waals surface area contributed by atoms with E-state index >= 15 is 0 Å². The van der Waals surface area contributed by atoms with E-state index in [1.807, 2.05) is 50.0 Å². The lowest BCUT2D eigenvalue weighted by Crippen LogP contribution is -2.33. The Hall–Kier alpha value is -1.97. The molecule has 4 heteroatoms. The summed E-state index contributed by atoms with van der Waals surface area (Å²) in [4.78, 5) is 26.7. The van der Waals surface area contributed by atoms with Crippen LogP contribution in [-0.2, 0) is 23.2 Å². The fraction of sp³-hybridized carbons (Fsp3) is 0.471. The van der Waals surface area contributed by atoms with Crippen LogP contribution in [0.1, 0.15) is 25.8 Å². The van der Waals surface area contributed by atoms with Crippen molar-refractivity contribution in [1.82, 2.24) is 4.90 Å². The minimum absolute atomic E-state index is 0.00388. The first-order chi connectivity index (χ1) is 9.97. The van der Waals surface area contributed by atoms with Crippen LogP contribution in [0.2, 0.25) is 0 Å². The number of pyridine rings is 1. The van der Waals surface area contributed by atoms with Crippen LogP contribution in [-0.4, -0.2) is 16.7 Å². The number of rotatable bonds is 2. The van der Waals surface area contributed by atoms with E-state index in [0.717, 1.165) is 12.0 Å². The number of fused-ring (bicyclic) bond motifs is 1. The minimum Gasteiger partial charge on any atom is -0.277 e. The average molecular weight is 285 g/mol. The van der Waals surface area contributed by atoms with Gasteiger partial charge in [-0.15, -0.1) is 0 Å². The van der Waals surface area contributed by atoms with E-state index in [2.05, 4.69) is 6.08 Å². The molecule has 0 aromatic carbocycles. The highest BCUT2D eigenvalue weighted by molar-refractivity contribution is 6.05. The molecule has 0 radical (unpaired) electrons. The first kappa shape index (κ1) is 14.0. The molecule has 21 heavy (non-hydrogen) atoms. The summed E-state index contributed by atoms with van der Waals surface area (Å²) < 4.78 is 1.93. The van der Waals surface area contributed by atoms with Crippen molar-refractivity contribution in [1.29, 1.82) is 0 Å². The Morgan fingerprint density at radius 1 is 1.33 bits per heavy atom. The summed E-state index contributed by atoms with van der Waals surface area (Å²) in [7, 11) is 1.94. The number of nitrogens with zero attached hydrogens (tertiary/aromatic N) is 2. The topological polar surface area (TPSA) is 41.3 Å². The molecule has 2 heterocycles. The Bertz CT molecular complexity index is 635. The van der Waals surface area contributed by atoms with Gasteiger partial charge in [-0.3, -0.25) is 14.5 Å². The molecule has 1 saturated heterocycles. The molecule has 3 atom stereocenters. The van der Waals surface area contributed by atoms with Crippen LogP contribution in [0, 0.1) is 17.8 Å². The molecule has 2 amide bonds. The van der Waals surface area contributed by atoms with Gasteiger partial charge in [-0.05, 0) is 25.3 Å². The number of hydrogen-bond acceptors (Lipinski definition) is 2. The molecule has 1 aromatic heterocycles. The normalized spacial score (nSPS) is 28.6. The number of imide groups is 1. The zero-order valence-corrected chi connectivity index (χ0v) is 12.7. The second-order valence-electron chi connectivity index (χ2n) is 6.35. The number of amides is 2. The molecule has 1 aliphatic carbocycles. The van der Waals surface area contributed by atoms with Crippen molar-refractivity contribution in [3.05, 3.63) is 41.7 Å². The number of carbonyl (C=O) groups excluding carboxylic acids is 2. The largest absolute Gasteiger partial charge is 0.277 e. The number of hydrogen-bond donors (Lipinski definition) is 0. The standard InChI is InChI=1S/C17H21N2O2/c1-11-7-12(2)15-14(8-11)16(20)19(17(15)21)10-13-5-4-6-18(3)9-13/h4-7,9,12,14-15H,8,10H2,1-3H3/q+1/t12-,14-,15+/m1/s1. The first-order valence-corrected chi connectivity index (χ1v) is 7.44. The van der Waals surface area contributed by atoms with Gasteiger partial charge in [-0.2, -0.15) is 0 Å². The first-order valence-electron chi connectivity index (χ1n) is 7.44. The quantitative estimate of drug-likeness (QED) is 0.470. The number of aromatic nitrogens is 1. The van der Waals surface area contributed by atoms with E-state index in [9.17, 15) is 9.59 Å². The molecular formula is C17H21N2O2+. The Kier molecular flexibility index (Phi) is 3.40. The summed E-state index contributed by atoms with van der Waals surface area (Å²) >= 11 is 0. The van der Waals surface area contributed by atoms with E-state index in [1.165, 1.54) is 10.5 Å². The lowest BCUT2D eigenvalue weighted by atomic mass is 9.76. The van der Waals surface area contributed by atoms with Crippen molar-refractivity contribution in [2.24, 2.45) is 24.8 Å². The third kappa shape index (κ3) is 2.39. The third-order valence-electron chi connectivity index (χ3n) is 4.57. The van der Waals surface area contributed by atoms with E-state index in [0.29, 0.717) is 6.54 Å². The van der Waals surface area contributed by atoms with Crippen LogP contribution in [0.3, 0.4) is 0 Å². The van der Waals surface area contributed by atoms with Crippen molar-refractivity contribution in [3.63, 3.8) is 0 Å². The zero-order valence-electron chi connectivity index (χ0n) is 12.7. The number of allylic oxidation sites excluding steroid dienone is 2. The van der Waals surface area contributed by atoms with Crippen molar-refractivity contribution in [2.45, 2.75) is 26.8 Å². The molecule has 0 saturated carbocycles. The molecule has 1 fully saturated rings. The van der Waals surface area contributed by atoms with E-state index < -0.39 is 0 Å². The van der Waals surface area contributed by atoms with Crippen LogP contribution in [0.25, 0.3) is 0 Å². The van der Waals surface area contributed by atoms with Crippen molar-refractivity contribution in [3.8, 4) is 0 Å². The summed E-state index contributed by atoms with van der Waals surface area (Å²) in [6.45, 7) is 4.47. The van der Waals surface area contributed by atoms with Crippen molar-refractivity contribution in [2.75, 3.05) is 0 Å². The third-order valence-corrected chi connectivity index (χ3v) is 4.57. The highest BCUT2D eigenvalue weighted by Crippen LogP contribution is 2.41. The van der Waals surface area contributed by atoms with Gasteiger partial charge in [0.05, 0.1) is 18.4 Å². The maximum Gasteiger partial charge on any atom is 0.234 e. The molecule has 110 valence electrons. The fourth-order valence-electron chi connectivity index (χ4n) is 3.67. The molecule has 0 bridgehead atoms. The van der Waals surface area contributed by atoms with Crippen molar-refractivity contribution < 1.29 is 14.2 Å². The molecular weight excluding hydrogens is 264 g/mol. The summed E-state index contributed by atoms with van der Waals surface area (Å²) in [6, 6.07) is 3.89. The van der Waals surface area contributed by atoms with Crippen LogP contribution >= 0.6 is 0 Å². The van der Waals surface area contributed by atoms with Gasteiger partial charge < -0.3 is 0 Å². The molecule has 1 aliphatic heterocycles. The molecule has 4 nitrogen and oxygen atoms in total. The number of likely N-dealkylation sites (tertiary alicyclic amines) is 1. The summed E-state index contributed by atoms with van der Waals surface area (Å²) in [5.74, 6) is -0.186. The van der Waals surface area contributed by atoms with Gasteiger partial charge in [-0.25, -0.2) is 4.57 Å². The molecule has 0 N–H and O–H groups in total. The highest BCUT2D eigenvalue weighted by Gasteiger charge is 2.50. The van der Waals surface area contributed by atoms with Gasteiger partial charge in [0.2, 0.25) is 11.8 Å². The zero-order chi connectivity index (χ0) is 15.1. The van der Waals surface area contributed by atoms with Gasteiger partial charge >= 0.3 is 0 Å². The fourth-order valence-corrected chi connectivity index (χ4v) is 3.67. The minimum atomic E-state index is -0.168. The Balaban J connectivity index is 1.86. The van der Waals surface area contributed by atoms with Crippen LogP contribution in [0.5, 0.6) is 0 Å². The highest BCUT2D eigenvalue weighted by atomic mass is 16.2. The Morgan fingerprint density at radius 2 is 2.10 bits per heavy atom. The van der Waals surface area contributed by atoms with Gasteiger partial charge in [0.1, 0.15) is 7.05 Å². The lowest BCUT2D eigenvalue weighted by molar-refractivity contribution is -0.672. The van der Waals surface area contributed by atoms with Gasteiger partial charge in [0.15, 0.2) is 12.4 Å². The predicted molar refractivity (Wildman–Crippen MR) is 77.7 cm³/mol. The predicted octanol–water partition coefficient (Wildman–Crippen LogP) is 1.60. The SMILES string of the molecule is CC1=C[C@@H](C)[C@@H]2C(=O)N(Cc3ccc[n+](C)c3)C(=O)[C@@H]2C1. The summed E-state index contributed by atoms with van der Waals surface area (Å²) in [5.41, 5.74) is 2.20. The van der Waals surface area contributed by atoms with E-state index in [-0.39, 0.29) is 29.6 Å². The molecule has 2 aliphatic rings. The maximum absolute atomic E-state index is 12.6. The maximum atomic E-state index is 12.6. The summed E-state index contributed by atoms with van der Waals surface area (Å²) in [5, 5.41) is 0. The number of aryl methyl sites for hydroxylation is 1. The van der Waals surface area contributed by atoms with Gasteiger partial charge in [0, 0.05) is 11.6 Å². The van der Waals surface area contributed by atoms with Crippen LogP contribution in [0.4, 0.5) is 0 Å². The van der Waals surface area contributed by atoms with Gasteiger partial charge in [-0.1, -0.05) is 18.6 Å². The smallest absolute Gasteiger partial charge is 0.234 e. The van der Waals surface area contributed by atoms with E-state index in [1.54, 1.807) is 0 Å². The average Bonchev–Trinajstić information content (AvgIpc) is 2.64. The summed E-state index contributed by atoms with van der Waals surface area (Å²) in [6.07, 6.45) is 6.75. The number of carbonyl (C=O) groups is 2. The monoisotopic (exact) mass is 285 g/mol. The second kappa shape index (κ2) is 5.10. The van der Waals surface area contributed by atoms with Gasteiger partial charge in [0.25, 0.3) is 0 Å².